The van der Waals surface area contributed by atoms with E-state index in [1.807, 2.05) is 0 Å². The zero-order valence-corrected chi connectivity index (χ0v) is 11.9. The van der Waals surface area contributed by atoms with Gasteiger partial charge >= 0.3 is 0 Å². The van der Waals surface area contributed by atoms with Gasteiger partial charge in [0.05, 0.1) is 10.7 Å². The van der Waals surface area contributed by atoms with Gasteiger partial charge in [-0.05, 0) is 50.0 Å². The van der Waals surface area contributed by atoms with Crippen LogP contribution in [0.1, 0.15) is 29.6 Å². The van der Waals surface area contributed by atoms with Crippen molar-refractivity contribution < 1.29 is 9.59 Å². The highest BCUT2D eigenvalue weighted by atomic mass is 35.5. The number of anilines is 1. The Hall–Kier alpha value is -1.59. The minimum absolute atomic E-state index is 0.0968. The van der Waals surface area contributed by atoms with Gasteiger partial charge in [-0.1, -0.05) is 11.6 Å². The third-order valence-corrected chi connectivity index (χ3v) is 3.80. The van der Waals surface area contributed by atoms with Gasteiger partial charge in [0, 0.05) is 12.0 Å². The largest absolute Gasteiger partial charge is 0.366 e. The van der Waals surface area contributed by atoms with Gasteiger partial charge in [-0.25, -0.2) is 0 Å². The lowest BCUT2D eigenvalue weighted by molar-refractivity contribution is -0.116. The van der Waals surface area contributed by atoms with Gasteiger partial charge in [-0.15, -0.1) is 0 Å². The summed E-state index contributed by atoms with van der Waals surface area (Å²) < 4.78 is 0. The molecule has 0 spiro atoms. The number of amides is 2. The summed E-state index contributed by atoms with van der Waals surface area (Å²) in [6.45, 7) is 2.00. The summed E-state index contributed by atoms with van der Waals surface area (Å²) in [7, 11) is 0. The molecule has 1 unspecified atom stereocenters. The Kier molecular flexibility index (Phi) is 4.98. The molecule has 1 aromatic carbocycles. The molecule has 2 amide bonds. The molecule has 1 saturated heterocycles. The molecule has 1 aromatic rings. The standard InChI is InChI=1S/C14H18ClN3O2/c15-11-3-2-10(14(16)20)7-12(11)18-13(19)4-1-9-5-6-17-8-9/h2-3,7,9,17H,1,4-6,8H2,(H2,16,20)(H,18,19). The topological polar surface area (TPSA) is 84.2 Å². The maximum Gasteiger partial charge on any atom is 0.248 e. The van der Waals surface area contributed by atoms with Crippen molar-refractivity contribution in [3.05, 3.63) is 28.8 Å². The number of carbonyl (C=O) groups excluding carboxylic acids is 2. The first-order valence-electron chi connectivity index (χ1n) is 6.66. The second-order valence-electron chi connectivity index (χ2n) is 5.00. The van der Waals surface area contributed by atoms with Gasteiger partial charge in [-0.3, -0.25) is 9.59 Å². The summed E-state index contributed by atoms with van der Waals surface area (Å²) in [6, 6.07) is 4.59. The molecule has 5 nitrogen and oxygen atoms in total. The van der Waals surface area contributed by atoms with Crippen LogP contribution in [0.15, 0.2) is 18.2 Å². The van der Waals surface area contributed by atoms with Crippen molar-refractivity contribution in [2.24, 2.45) is 11.7 Å². The third kappa shape index (κ3) is 3.95. The Labute approximate surface area is 122 Å². The van der Waals surface area contributed by atoms with E-state index in [2.05, 4.69) is 10.6 Å². The van der Waals surface area contributed by atoms with Crippen LogP contribution in [0.25, 0.3) is 0 Å². The molecule has 0 aliphatic carbocycles. The lowest BCUT2D eigenvalue weighted by Gasteiger charge is -2.10. The lowest BCUT2D eigenvalue weighted by Crippen LogP contribution is -2.16. The van der Waals surface area contributed by atoms with Crippen LogP contribution < -0.4 is 16.4 Å². The summed E-state index contributed by atoms with van der Waals surface area (Å²) in [4.78, 5) is 23.0. The van der Waals surface area contributed by atoms with E-state index in [4.69, 9.17) is 17.3 Å². The molecule has 6 heteroatoms. The van der Waals surface area contributed by atoms with Gasteiger partial charge in [-0.2, -0.15) is 0 Å². The van der Waals surface area contributed by atoms with Crippen molar-refractivity contribution in [1.29, 1.82) is 0 Å². The third-order valence-electron chi connectivity index (χ3n) is 3.47. The normalized spacial score (nSPS) is 17.9. The molecule has 0 aromatic heterocycles. The Morgan fingerprint density at radius 1 is 1.45 bits per heavy atom. The fourth-order valence-electron chi connectivity index (χ4n) is 2.28. The molecule has 4 N–H and O–H groups in total. The quantitative estimate of drug-likeness (QED) is 0.774. The molecule has 1 aliphatic rings. The summed E-state index contributed by atoms with van der Waals surface area (Å²) in [5.41, 5.74) is 5.96. The summed E-state index contributed by atoms with van der Waals surface area (Å²) in [6.07, 6.45) is 2.42. The van der Waals surface area contributed by atoms with Crippen molar-refractivity contribution in [2.45, 2.75) is 19.3 Å². The number of benzene rings is 1. The second kappa shape index (κ2) is 6.72. The van der Waals surface area contributed by atoms with E-state index in [0.717, 1.165) is 25.9 Å². The van der Waals surface area contributed by atoms with Crippen LogP contribution in [0.4, 0.5) is 5.69 Å². The highest BCUT2D eigenvalue weighted by molar-refractivity contribution is 6.33. The van der Waals surface area contributed by atoms with Crippen LogP contribution in [0.5, 0.6) is 0 Å². The second-order valence-corrected chi connectivity index (χ2v) is 5.41. The molecule has 0 saturated carbocycles. The van der Waals surface area contributed by atoms with Crippen molar-refractivity contribution in [3.63, 3.8) is 0 Å². The van der Waals surface area contributed by atoms with Crippen LogP contribution in [-0.4, -0.2) is 24.9 Å². The van der Waals surface area contributed by atoms with Gasteiger partial charge in [0.25, 0.3) is 0 Å². The molecule has 20 heavy (non-hydrogen) atoms. The van der Waals surface area contributed by atoms with Crippen molar-refractivity contribution in [3.8, 4) is 0 Å². The number of carbonyl (C=O) groups is 2. The van der Waals surface area contributed by atoms with Crippen molar-refractivity contribution in [2.75, 3.05) is 18.4 Å². The van der Waals surface area contributed by atoms with E-state index in [0.29, 0.717) is 28.6 Å². The minimum Gasteiger partial charge on any atom is -0.366 e. The predicted molar refractivity (Wildman–Crippen MR) is 78.8 cm³/mol. The first kappa shape index (κ1) is 14.8. The number of nitrogens with two attached hydrogens (primary N) is 1. The molecule has 0 radical (unpaired) electrons. The van der Waals surface area contributed by atoms with Crippen molar-refractivity contribution >= 4 is 29.1 Å². The average Bonchev–Trinajstić information content (AvgIpc) is 2.92. The minimum atomic E-state index is -0.547. The number of nitrogens with one attached hydrogen (secondary N) is 2. The molecule has 1 fully saturated rings. The van der Waals surface area contributed by atoms with E-state index in [1.165, 1.54) is 12.1 Å². The Morgan fingerprint density at radius 2 is 2.25 bits per heavy atom. The van der Waals surface area contributed by atoms with Crippen LogP contribution in [0.3, 0.4) is 0 Å². The summed E-state index contributed by atoms with van der Waals surface area (Å²) in [5, 5.41) is 6.40. The Morgan fingerprint density at radius 3 is 2.90 bits per heavy atom. The first-order valence-corrected chi connectivity index (χ1v) is 7.04. The number of halogens is 1. The Bertz CT molecular complexity index is 513. The number of rotatable bonds is 5. The number of hydrogen-bond donors (Lipinski definition) is 3. The van der Waals surface area contributed by atoms with Gasteiger partial charge in [0.2, 0.25) is 11.8 Å². The van der Waals surface area contributed by atoms with E-state index in [9.17, 15) is 9.59 Å². The first-order chi connectivity index (χ1) is 9.56. The fourth-order valence-corrected chi connectivity index (χ4v) is 2.45. The average molecular weight is 296 g/mol. The molecular weight excluding hydrogens is 278 g/mol. The maximum atomic E-state index is 11.9. The zero-order chi connectivity index (χ0) is 14.5. The zero-order valence-electron chi connectivity index (χ0n) is 11.1. The van der Waals surface area contributed by atoms with Crippen LogP contribution in [0, 0.1) is 5.92 Å². The maximum absolute atomic E-state index is 11.9. The molecule has 2 rings (SSSR count). The van der Waals surface area contributed by atoms with Crippen LogP contribution in [-0.2, 0) is 4.79 Å². The van der Waals surface area contributed by atoms with Crippen molar-refractivity contribution in [1.82, 2.24) is 5.32 Å². The Balaban J connectivity index is 1.92. The molecule has 1 heterocycles. The van der Waals surface area contributed by atoms with Gasteiger partial charge in [0.1, 0.15) is 0 Å². The van der Waals surface area contributed by atoms with E-state index < -0.39 is 5.91 Å². The lowest BCUT2D eigenvalue weighted by atomic mass is 10.0. The van der Waals surface area contributed by atoms with Gasteiger partial charge in [0.15, 0.2) is 0 Å². The fraction of sp³-hybridized carbons (Fsp3) is 0.429. The van der Waals surface area contributed by atoms with Crippen LogP contribution >= 0.6 is 11.6 Å². The smallest absolute Gasteiger partial charge is 0.248 e. The van der Waals surface area contributed by atoms with Crippen LogP contribution in [0.2, 0.25) is 5.02 Å². The molecule has 108 valence electrons. The van der Waals surface area contributed by atoms with E-state index >= 15 is 0 Å². The highest BCUT2D eigenvalue weighted by Gasteiger charge is 2.16. The van der Waals surface area contributed by atoms with Gasteiger partial charge < -0.3 is 16.4 Å². The number of primary amides is 1. The highest BCUT2D eigenvalue weighted by Crippen LogP contribution is 2.23. The SMILES string of the molecule is NC(=O)c1ccc(Cl)c(NC(=O)CCC2CCNC2)c1. The number of hydrogen-bond acceptors (Lipinski definition) is 3. The molecule has 0 bridgehead atoms. The molecule has 1 aliphatic heterocycles. The monoisotopic (exact) mass is 295 g/mol. The van der Waals surface area contributed by atoms with E-state index in [1.54, 1.807) is 6.07 Å². The van der Waals surface area contributed by atoms with E-state index in [-0.39, 0.29) is 5.91 Å². The molecule has 1 atom stereocenters. The molecular formula is C14H18ClN3O2. The summed E-state index contributed by atoms with van der Waals surface area (Å²) >= 11 is 6.00. The predicted octanol–water partition coefficient (Wildman–Crippen LogP) is 1.77. The summed E-state index contributed by atoms with van der Waals surface area (Å²) in [5.74, 6) is -0.0807.